The highest BCUT2D eigenvalue weighted by molar-refractivity contribution is 5.71. The molecule has 0 saturated carbocycles. The van der Waals surface area contributed by atoms with Gasteiger partial charge in [-0.3, -0.25) is 14.4 Å². The Morgan fingerprint density at radius 1 is 0.269 bits per heavy atom. The summed E-state index contributed by atoms with van der Waals surface area (Å²) in [5.41, 5.74) is 0. The van der Waals surface area contributed by atoms with Gasteiger partial charge >= 0.3 is 17.9 Å². The average Bonchev–Trinajstić information content (AvgIpc) is 3.44. The van der Waals surface area contributed by atoms with Crippen LogP contribution in [0.1, 0.15) is 323 Å². The molecule has 78 heavy (non-hydrogen) atoms. The maximum Gasteiger partial charge on any atom is 0.306 e. The second kappa shape index (κ2) is 65.8. The van der Waals surface area contributed by atoms with Gasteiger partial charge in [-0.05, 0) is 103 Å². The Bertz CT molecular complexity index is 1530. The summed E-state index contributed by atoms with van der Waals surface area (Å²) in [5, 5.41) is 0. The molecular formula is C72H124O6. The number of hydrogen-bond donors (Lipinski definition) is 0. The van der Waals surface area contributed by atoms with Gasteiger partial charge in [0.05, 0.1) is 0 Å². The Kier molecular flexibility index (Phi) is 62.7. The molecule has 0 saturated heterocycles. The van der Waals surface area contributed by atoms with E-state index in [1.54, 1.807) is 0 Å². The second-order valence-electron chi connectivity index (χ2n) is 22.0. The first kappa shape index (κ1) is 74.3. The molecule has 1 atom stereocenters. The van der Waals surface area contributed by atoms with Gasteiger partial charge in [0, 0.05) is 19.3 Å². The van der Waals surface area contributed by atoms with E-state index in [0.29, 0.717) is 19.3 Å². The van der Waals surface area contributed by atoms with Crippen molar-refractivity contribution in [2.24, 2.45) is 0 Å². The van der Waals surface area contributed by atoms with Gasteiger partial charge in [-0.25, -0.2) is 0 Å². The van der Waals surface area contributed by atoms with Crippen LogP contribution in [0.2, 0.25) is 0 Å². The monoisotopic (exact) mass is 1080 g/mol. The summed E-state index contributed by atoms with van der Waals surface area (Å²) in [6, 6.07) is 0. The predicted octanol–water partition coefficient (Wildman–Crippen LogP) is 22.8. The highest BCUT2D eigenvalue weighted by atomic mass is 16.6. The molecule has 448 valence electrons. The molecule has 1 unspecified atom stereocenters. The smallest absolute Gasteiger partial charge is 0.306 e. The van der Waals surface area contributed by atoms with Crippen LogP contribution in [-0.4, -0.2) is 37.2 Å². The van der Waals surface area contributed by atoms with Crippen LogP contribution in [0.5, 0.6) is 0 Å². The van der Waals surface area contributed by atoms with Gasteiger partial charge in [0.25, 0.3) is 0 Å². The van der Waals surface area contributed by atoms with Crippen molar-refractivity contribution in [3.05, 3.63) is 97.2 Å². The molecule has 0 amide bonds. The molecule has 0 aromatic carbocycles. The summed E-state index contributed by atoms with van der Waals surface area (Å²) in [5.74, 6) is -0.882. The fraction of sp³-hybridized carbons (Fsp3) is 0.736. The van der Waals surface area contributed by atoms with Crippen LogP contribution in [0, 0.1) is 0 Å². The third-order valence-corrected chi connectivity index (χ3v) is 14.3. The molecule has 0 spiro atoms. The number of rotatable bonds is 60. The number of unbranched alkanes of at least 4 members (excludes halogenated alkanes) is 33. The molecule has 0 aliphatic carbocycles. The summed E-state index contributed by atoms with van der Waals surface area (Å²) < 4.78 is 16.9. The Morgan fingerprint density at radius 2 is 0.500 bits per heavy atom. The standard InChI is InChI=1S/C72H124O6/c1-4-7-10-13-16-19-22-25-27-29-31-33-35-36-38-39-41-43-45-47-50-53-56-59-62-65-71(74)77-68-69(67-76-70(73)64-61-58-55-52-49-24-21-18-15-12-9-6-3)78-72(75)66-63-60-57-54-51-48-46-44-42-40-37-34-32-30-28-26-23-20-17-14-11-8-5-2/h7,10,16,19,23,25-27,30-33,36-38,40,69H,4-6,8-9,11-15,17-18,20-22,24,28-29,34-35,39,41-68H2,1-3H3/b10-7-,19-16-,26-23-,27-25-,32-30-,33-31-,38-36-,40-37-. The molecule has 0 rings (SSSR count). The maximum absolute atomic E-state index is 12.9. The second-order valence-corrected chi connectivity index (χ2v) is 22.0. The van der Waals surface area contributed by atoms with E-state index in [1.807, 2.05) is 0 Å². The minimum atomic E-state index is -0.784. The lowest BCUT2D eigenvalue weighted by Gasteiger charge is -2.18. The van der Waals surface area contributed by atoms with Crippen LogP contribution in [0.25, 0.3) is 0 Å². The molecule has 0 fully saturated rings. The summed E-state index contributed by atoms with van der Waals surface area (Å²) in [4.78, 5) is 38.3. The fourth-order valence-corrected chi connectivity index (χ4v) is 9.36. The highest BCUT2D eigenvalue weighted by Gasteiger charge is 2.19. The quantitative estimate of drug-likeness (QED) is 0.0261. The van der Waals surface area contributed by atoms with E-state index in [0.717, 1.165) is 116 Å². The third kappa shape index (κ3) is 63.2. The summed E-state index contributed by atoms with van der Waals surface area (Å²) in [6.45, 7) is 6.53. The van der Waals surface area contributed by atoms with Crippen LogP contribution in [0.15, 0.2) is 97.2 Å². The molecule has 0 aromatic heterocycles. The summed E-state index contributed by atoms with van der Waals surface area (Å²) in [7, 11) is 0. The Hall–Kier alpha value is -3.67. The SMILES string of the molecule is CC/C=C\C/C=C\C/C=C\C/C=C\C/C=C\CCCCCCCCCCCC(=O)OCC(COC(=O)CCCCCCCCCCCCCC)OC(=O)CCCCCCCCCC/C=C\C/C=C\C/C=C\CCCCCCC. The molecule has 0 aliphatic rings. The number of ether oxygens (including phenoxy) is 3. The van der Waals surface area contributed by atoms with Crippen molar-refractivity contribution in [3.63, 3.8) is 0 Å². The average molecular weight is 1090 g/mol. The minimum Gasteiger partial charge on any atom is -0.462 e. The van der Waals surface area contributed by atoms with Crippen molar-refractivity contribution in [3.8, 4) is 0 Å². The van der Waals surface area contributed by atoms with Gasteiger partial charge in [-0.2, -0.15) is 0 Å². The zero-order valence-corrected chi connectivity index (χ0v) is 51.4. The molecule has 0 N–H and O–H groups in total. The van der Waals surface area contributed by atoms with E-state index in [4.69, 9.17) is 14.2 Å². The first-order chi connectivity index (χ1) is 38.5. The molecule has 0 radical (unpaired) electrons. The van der Waals surface area contributed by atoms with Gasteiger partial charge in [-0.1, -0.05) is 298 Å². The van der Waals surface area contributed by atoms with Gasteiger partial charge in [0.15, 0.2) is 6.10 Å². The molecule has 0 heterocycles. The van der Waals surface area contributed by atoms with Crippen molar-refractivity contribution >= 4 is 17.9 Å². The first-order valence-electron chi connectivity index (χ1n) is 33.2. The van der Waals surface area contributed by atoms with E-state index in [1.165, 1.54) is 167 Å². The fourth-order valence-electron chi connectivity index (χ4n) is 9.36. The van der Waals surface area contributed by atoms with E-state index in [2.05, 4.69) is 118 Å². The van der Waals surface area contributed by atoms with Crippen LogP contribution in [0.4, 0.5) is 0 Å². The van der Waals surface area contributed by atoms with E-state index >= 15 is 0 Å². The lowest BCUT2D eigenvalue weighted by molar-refractivity contribution is -0.167. The van der Waals surface area contributed by atoms with Crippen LogP contribution in [-0.2, 0) is 28.6 Å². The van der Waals surface area contributed by atoms with Crippen molar-refractivity contribution in [2.45, 2.75) is 329 Å². The van der Waals surface area contributed by atoms with Crippen molar-refractivity contribution in [1.82, 2.24) is 0 Å². The van der Waals surface area contributed by atoms with Crippen LogP contribution in [0.3, 0.4) is 0 Å². The molecule has 6 nitrogen and oxygen atoms in total. The van der Waals surface area contributed by atoms with Crippen molar-refractivity contribution < 1.29 is 28.6 Å². The Labute approximate surface area is 483 Å². The van der Waals surface area contributed by atoms with E-state index in [9.17, 15) is 14.4 Å². The molecule has 0 aromatic rings. The number of esters is 3. The van der Waals surface area contributed by atoms with Gasteiger partial charge in [0.2, 0.25) is 0 Å². The lowest BCUT2D eigenvalue weighted by Crippen LogP contribution is -2.30. The number of hydrogen-bond acceptors (Lipinski definition) is 6. The van der Waals surface area contributed by atoms with E-state index in [-0.39, 0.29) is 31.1 Å². The topological polar surface area (TPSA) is 78.9 Å². The molecule has 0 bridgehead atoms. The Balaban J connectivity index is 4.33. The maximum atomic E-state index is 12.9. The predicted molar refractivity (Wildman–Crippen MR) is 339 cm³/mol. The largest absolute Gasteiger partial charge is 0.462 e. The van der Waals surface area contributed by atoms with Crippen molar-refractivity contribution in [2.75, 3.05) is 13.2 Å². The van der Waals surface area contributed by atoms with Gasteiger partial charge < -0.3 is 14.2 Å². The van der Waals surface area contributed by atoms with E-state index < -0.39 is 6.10 Å². The molecular weight excluding hydrogens is 961 g/mol. The number of carbonyl (C=O) groups excluding carboxylic acids is 3. The minimum absolute atomic E-state index is 0.0798. The van der Waals surface area contributed by atoms with Crippen molar-refractivity contribution in [1.29, 1.82) is 0 Å². The zero-order chi connectivity index (χ0) is 56.4. The highest BCUT2D eigenvalue weighted by Crippen LogP contribution is 2.16. The van der Waals surface area contributed by atoms with Crippen LogP contribution >= 0.6 is 0 Å². The molecule has 0 aliphatic heterocycles. The van der Waals surface area contributed by atoms with Gasteiger partial charge in [0.1, 0.15) is 13.2 Å². The summed E-state index contributed by atoms with van der Waals surface area (Å²) in [6.07, 6.45) is 88.4. The Morgan fingerprint density at radius 3 is 0.782 bits per heavy atom. The first-order valence-corrected chi connectivity index (χ1v) is 33.2. The lowest BCUT2D eigenvalue weighted by atomic mass is 10.0. The van der Waals surface area contributed by atoms with Crippen LogP contribution < -0.4 is 0 Å². The normalized spacial score (nSPS) is 12.7. The zero-order valence-electron chi connectivity index (χ0n) is 51.4. The van der Waals surface area contributed by atoms with Gasteiger partial charge in [-0.15, -0.1) is 0 Å². The summed E-state index contributed by atoms with van der Waals surface area (Å²) >= 11 is 0. The third-order valence-electron chi connectivity index (χ3n) is 14.3. The molecule has 6 heteroatoms. The number of carbonyl (C=O) groups is 3. The number of allylic oxidation sites excluding steroid dienone is 16.